The normalized spacial score (nSPS) is 9.31. The average molecular weight is 178 g/mol. The van der Waals surface area contributed by atoms with Crippen LogP contribution in [0.5, 0.6) is 0 Å². The van der Waals surface area contributed by atoms with Gasteiger partial charge in [-0.05, 0) is 24.6 Å². The summed E-state index contributed by atoms with van der Waals surface area (Å²) in [5.41, 5.74) is 2.32. The summed E-state index contributed by atoms with van der Waals surface area (Å²) in [4.78, 5) is 0. The maximum atomic E-state index is 11.9. The van der Waals surface area contributed by atoms with Gasteiger partial charge >= 0.3 is 0 Å². The molecule has 1 aromatic carbocycles. The van der Waals surface area contributed by atoms with Gasteiger partial charge in [0, 0.05) is 6.54 Å². The van der Waals surface area contributed by atoms with Crippen molar-refractivity contribution in [1.29, 1.82) is 5.26 Å². The van der Waals surface area contributed by atoms with Crippen LogP contribution in [-0.2, 0) is 0 Å². The Labute approximate surface area is 77.0 Å². The van der Waals surface area contributed by atoms with Gasteiger partial charge in [-0.3, -0.25) is 0 Å². The van der Waals surface area contributed by atoms with Crippen LogP contribution in [0.2, 0.25) is 0 Å². The van der Waals surface area contributed by atoms with E-state index in [1.165, 1.54) is 0 Å². The van der Waals surface area contributed by atoms with Gasteiger partial charge in [-0.25, -0.2) is 4.39 Å². The standard InChI is InChI=1S/C10H11FN2/c1-8-2-3-9(7-12)10(6-8)13-5-4-11/h2-3,6,13H,4-5H2,1H3. The predicted molar refractivity (Wildman–Crippen MR) is 50.4 cm³/mol. The predicted octanol–water partition coefficient (Wildman–Crippen LogP) is 2.25. The molecule has 0 aliphatic rings. The highest BCUT2D eigenvalue weighted by Gasteiger charge is 2.00. The number of nitriles is 1. The molecule has 0 radical (unpaired) electrons. The van der Waals surface area contributed by atoms with Crippen LogP contribution < -0.4 is 5.32 Å². The smallest absolute Gasteiger partial charge is 0.107 e. The van der Waals surface area contributed by atoms with E-state index in [1.54, 1.807) is 6.07 Å². The van der Waals surface area contributed by atoms with E-state index in [0.29, 0.717) is 11.3 Å². The van der Waals surface area contributed by atoms with E-state index < -0.39 is 6.67 Å². The summed E-state index contributed by atoms with van der Waals surface area (Å²) >= 11 is 0. The fourth-order valence-corrected chi connectivity index (χ4v) is 1.08. The average Bonchev–Trinajstić information content (AvgIpc) is 2.15. The van der Waals surface area contributed by atoms with Gasteiger partial charge in [0.15, 0.2) is 0 Å². The number of alkyl halides is 1. The van der Waals surface area contributed by atoms with E-state index in [-0.39, 0.29) is 6.54 Å². The highest BCUT2D eigenvalue weighted by atomic mass is 19.1. The SMILES string of the molecule is Cc1ccc(C#N)c(NCCF)c1. The second kappa shape index (κ2) is 4.46. The Balaban J connectivity index is 2.89. The largest absolute Gasteiger partial charge is 0.381 e. The van der Waals surface area contributed by atoms with Gasteiger partial charge in [-0.1, -0.05) is 6.07 Å². The molecule has 0 atom stereocenters. The number of aryl methyl sites for hydroxylation is 1. The molecule has 0 aliphatic carbocycles. The maximum absolute atomic E-state index is 11.9. The molecular weight excluding hydrogens is 167 g/mol. The molecule has 1 N–H and O–H groups in total. The second-order valence-corrected chi connectivity index (χ2v) is 2.78. The molecule has 0 unspecified atom stereocenters. The van der Waals surface area contributed by atoms with Crippen molar-refractivity contribution in [1.82, 2.24) is 0 Å². The molecule has 0 fully saturated rings. The topological polar surface area (TPSA) is 35.8 Å². The summed E-state index contributed by atoms with van der Waals surface area (Å²) in [6.07, 6.45) is 0. The number of hydrogen-bond acceptors (Lipinski definition) is 2. The Morgan fingerprint density at radius 3 is 2.92 bits per heavy atom. The van der Waals surface area contributed by atoms with Crippen molar-refractivity contribution in [3.05, 3.63) is 29.3 Å². The molecule has 0 aromatic heterocycles. The molecule has 0 bridgehead atoms. The van der Waals surface area contributed by atoms with E-state index in [9.17, 15) is 4.39 Å². The number of nitrogens with one attached hydrogen (secondary N) is 1. The third-order valence-electron chi connectivity index (χ3n) is 1.71. The fraction of sp³-hybridized carbons (Fsp3) is 0.300. The molecular formula is C10H11FN2. The maximum Gasteiger partial charge on any atom is 0.107 e. The van der Waals surface area contributed by atoms with E-state index in [4.69, 9.17) is 5.26 Å². The Morgan fingerprint density at radius 1 is 1.54 bits per heavy atom. The summed E-state index contributed by atoms with van der Waals surface area (Å²) in [7, 11) is 0. The zero-order valence-corrected chi connectivity index (χ0v) is 7.47. The molecule has 0 aliphatic heterocycles. The Hall–Kier alpha value is -1.56. The monoisotopic (exact) mass is 178 g/mol. The lowest BCUT2D eigenvalue weighted by Crippen LogP contribution is -2.04. The van der Waals surface area contributed by atoms with Crippen LogP contribution in [-0.4, -0.2) is 13.2 Å². The number of halogens is 1. The van der Waals surface area contributed by atoms with Crippen molar-refractivity contribution in [2.24, 2.45) is 0 Å². The molecule has 3 heteroatoms. The minimum Gasteiger partial charge on any atom is -0.381 e. The van der Waals surface area contributed by atoms with Gasteiger partial charge in [-0.2, -0.15) is 5.26 Å². The molecule has 0 amide bonds. The molecule has 68 valence electrons. The first kappa shape index (κ1) is 9.53. The van der Waals surface area contributed by atoms with Crippen LogP contribution in [0.4, 0.5) is 10.1 Å². The summed E-state index contributed by atoms with van der Waals surface area (Å²) in [6, 6.07) is 7.48. The number of rotatable bonds is 3. The second-order valence-electron chi connectivity index (χ2n) is 2.78. The van der Waals surface area contributed by atoms with E-state index in [1.807, 2.05) is 25.1 Å². The van der Waals surface area contributed by atoms with Crippen LogP contribution in [0.3, 0.4) is 0 Å². The molecule has 0 heterocycles. The molecule has 0 saturated heterocycles. The minimum atomic E-state index is -0.432. The third kappa shape index (κ3) is 2.45. The van der Waals surface area contributed by atoms with Crippen molar-refractivity contribution < 1.29 is 4.39 Å². The number of anilines is 1. The summed E-state index contributed by atoms with van der Waals surface area (Å²) in [6.45, 7) is 1.75. The Morgan fingerprint density at radius 2 is 2.31 bits per heavy atom. The van der Waals surface area contributed by atoms with Crippen molar-refractivity contribution in [2.45, 2.75) is 6.92 Å². The lowest BCUT2D eigenvalue weighted by molar-refractivity contribution is 0.513. The number of benzene rings is 1. The van der Waals surface area contributed by atoms with E-state index in [0.717, 1.165) is 5.56 Å². The molecule has 0 saturated carbocycles. The molecule has 13 heavy (non-hydrogen) atoms. The van der Waals surface area contributed by atoms with Crippen molar-refractivity contribution in [3.63, 3.8) is 0 Å². The van der Waals surface area contributed by atoms with Crippen LogP contribution >= 0.6 is 0 Å². The van der Waals surface area contributed by atoms with Gasteiger partial charge in [0.1, 0.15) is 12.7 Å². The highest BCUT2D eigenvalue weighted by Crippen LogP contribution is 2.15. The lowest BCUT2D eigenvalue weighted by atomic mass is 10.1. The van der Waals surface area contributed by atoms with Crippen molar-refractivity contribution in [3.8, 4) is 6.07 Å². The summed E-state index contributed by atoms with van der Waals surface area (Å²) < 4.78 is 11.9. The molecule has 0 spiro atoms. The molecule has 2 nitrogen and oxygen atoms in total. The fourth-order valence-electron chi connectivity index (χ4n) is 1.08. The van der Waals surface area contributed by atoms with Gasteiger partial charge in [0.25, 0.3) is 0 Å². The minimum absolute atomic E-state index is 0.248. The van der Waals surface area contributed by atoms with Crippen LogP contribution in [0.25, 0.3) is 0 Å². The first-order valence-corrected chi connectivity index (χ1v) is 4.08. The lowest BCUT2D eigenvalue weighted by Gasteiger charge is -2.06. The summed E-state index contributed by atoms with van der Waals surface area (Å²) in [5.74, 6) is 0. The zero-order valence-electron chi connectivity index (χ0n) is 7.47. The van der Waals surface area contributed by atoms with Gasteiger partial charge in [0.05, 0.1) is 11.3 Å². The molecule has 1 rings (SSSR count). The molecule has 1 aromatic rings. The first-order chi connectivity index (χ1) is 6.27. The van der Waals surface area contributed by atoms with E-state index >= 15 is 0 Å². The van der Waals surface area contributed by atoms with Crippen LogP contribution in [0, 0.1) is 18.3 Å². The van der Waals surface area contributed by atoms with Crippen molar-refractivity contribution >= 4 is 5.69 Å². The Kier molecular flexibility index (Phi) is 3.27. The third-order valence-corrected chi connectivity index (χ3v) is 1.71. The van der Waals surface area contributed by atoms with Gasteiger partial charge in [0.2, 0.25) is 0 Å². The van der Waals surface area contributed by atoms with Crippen LogP contribution in [0.15, 0.2) is 18.2 Å². The van der Waals surface area contributed by atoms with Gasteiger partial charge < -0.3 is 5.32 Å². The van der Waals surface area contributed by atoms with Crippen molar-refractivity contribution in [2.75, 3.05) is 18.5 Å². The highest BCUT2D eigenvalue weighted by molar-refractivity contribution is 5.58. The zero-order chi connectivity index (χ0) is 9.68. The first-order valence-electron chi connectivity index (χ1n) is 4.08. The van der Waals surface area contributed by atoms with E-state index in [2.05, 4.69) is 5.32 Å². The Bertz CT molecular complexity index is 328. The quantitative estimate of drug-likeness (QED) is 0.770. The number of nitrogens with zero attached hydrogens (tertiary/aromatic N) is 1. The summed E-state index contributed by atoms with van der Waals surface area (Å²) in [5, 5.41) is 11.6. The van der Waals surface area contributed by atoms with Gasteiger partial charge in [-0.15, -0.1) is 0 Å². The number of hydrogen-bond donors (Lipinski definition) is 1. The van der Waals surface area contributed by atoms with Crippen LogP contribution in [0.1, 0.15) is 11.1 Å².